The lowest BCUT2D eigenvalue weighted by molar-refractivity contribution is -0.0507. The number of benzene rings is 3. The fourth-order valence-electron chi connectivity index (χ4n) is 4.70. The highest BCUT2D eigenvalue weighted by molar-refractivity contribution is 7.98. The highest BCUT2D eigenvalue weighted by Gasteiger charge is 2.37. The zero-order valence-corrected chi connectivity index (χ0v) is 20.0. The van der Waals surface area contributed by atoms with E-state index in [1.54, 1.807) is 30.3 Å². The van der Waals surface area contributed by atoms with E-state index in [9.17, 15) is 18.1 Å². The van der Waals surface area contributed by atoms with Gasteiger partial charge in [0.05, 0.1) is 40.0 Å². The zero-order chi connectivity index (χ0) is 25.4. The lowest BCUT2D eigenvalue weighted by Gasteiger charge is -2.19. The van der Waals surface area contributed by atoms with Crippen LogP contribution in [0.25, 0.3) is 22.2 Å². The summed E-state index contributed by atoms with van der Waals surface area (Å²) in [6.45, 7) is -2.97. The summed E-state index contributed by atoms with van der Waals surface area (Å²) in [5.74, 6) is 4.27. The van der Waals surface area contributed by atoms with Crippen LogP contribution in [0.4, 0.5) is 8.78 Å². The summed E-state index contributed by atoms with van der Waals surface area (Å²) >= 11 is 0. The number of rotatable bonds is 8. The molecular formula is C26H25F2N3O4S. The van der Waals surface area contributed by atoms with Gasteiger partial charge in [-0.05, 0) is 47.3 Å². The number of nitrogens with zero attached hydrogens (tertiary/aromatic N) is 2. The van der Waals surface area contributed by atoms with E-state index in [0.717, 1.165) is 22.2 Å². The Balaban J connectivity index is 1.62. The van der Waals surface area contributed by atoms with Crippen LogP contribution in [0.15, 0.2) is 71.6 Å². The van der Waals surface area contributed by atoms with Gasteiger partial charge >= 0.3 is 6.61 Å². The van der Waals surface area contributed by atoms with Gasteiger partial charge in [0, 0.05) is 16.9 Å². The van der Waals surface area contributed by atoms with Gasteiger partial charge in [-0.25, -0.2) is 9.19 Å². The quantitative estimate of drug-likeness (QED) is 0.343. The van der Waals surface area contributed by atoms with Crippen molar-refractivity contribution in [3.63, 3.8) is 0 Å². The predicted molar refractivity (Wildman–Crippen MR) is 134 cm³/mol. The van der Waals surface area contributed by atoms with E-state index in [1.807, 2.05) is 34.9 Å². The molecule has 4 aromatic rings. The summed E-state index contributed by atoms with van der Waals surface area (Å²) in [7, 11) is -2.81. The summed E-state index contributed by atoms with van der Waals surface area (Å²) in [6.07, 6.45) is 0.0291. The van der Waals surface area contributed by atoms with Crippen molar-refractivity contribution < 1.29 is 27.6 Å². The Morgan fingerprint density at radius 1 is 1.14 bits per heavy atom. The fraction of sp³-hybridized carbons (Fsp3) is 0.231. The molecule has 10 heteroatoms. The van der Waals surface area contributed by atoms with Crippen LogP contribution >= 0.6 is 0 Å². The van der Waals surface area contributed by atoms with Crippen molar-refractivity contribution in [1.29, 1.82) is 0 Å². The number of hydrogen-bond acceptors (Lipinski definition) is 5. The Morgan fingerprint density at radius 3 is 2.56 bits per heavy atom. The summed E-state index contributed by atoms with van der Waals surface area (Å²) in [6, 6.07) is 19.2. The van der Waals surface area contributed by atoms with E-state index in [1.165, 1.54) is 6.07 Å². The second-order valence-corrected chi connectivity index (χ2v) is 10.5. The Kier molecular flexibility index (Phi) is 6.52. The van der Waals surface area contributed by atoms with Crippen LogP contribution in [0.1, 0.15) is 30.0 Å². The first-order chi connectivity index (χ1) is 17.3. The number of para-hydroxylation sites is 1. The number of aromatic nitrogens is 2. The number of fused-ring (bicyclic) bond motifs is 3. The van der Waals surface area contributed by atoms with Crippen LogP contribution in [-0.2, 0) is 14.4 Å². The van der Waals surface area contributed by atoms with Gasteiger partial charge < -0.3 is 19.1 Å². The van der Waals surface area contributed by atoms with Crippen molar-refractivity contribution in [3.8, 4) is 16.9 Å². The minimum Gasteiger partial charge on any atom is -0.434 e. The van der Waals surface area contributed by atoms with Gasteiger partial charge in [-0.3, -0.25) is 5.14 Å². The minimum absolute atomic E-state index is 0.0957. The van der Waals surface area contributed by atoms with Crippen LogP contribution < -0.4 is 9.88 Å². The Hall–Kier alpha value is -3.31. The molecule has 0 saturated carbocycles. The Morgan fingerprint density at radius 2 is 1.86 bits per heavy atom. The molecule has 0 bridgehead atoms. The molecule has 3 unspecified atom stereocenters. The van der Waals surface area contributed by atoms with Gasteiger partial charge in [0.25, 0.3) is 0 Å². The normalized spacial score (nSPS) is 18.9. The lowest BCUT2D eigenvalue weighted by Crippen LogP contribution is -2.11. The molecule has 1 aliphatic heterocycles. The fourth-order valence-corrected chi connectivity index (χ4v) is 5.30. The summed E-state index contributed by atoms with van der Waals surface area (Å²) in [4.78, 5) is 5.24. The molecule has 5 rings (SSSR count). The van der Waals surface area contributed by atoms with E-state index < -0.39 is 22.4 Å². The SMILES string of the molecule is C=S(N)(=O)c1ccc(-c2ccc3nc4n(c3c2)C(c2ccccc2OC(F)F)CC4OCCO)cc1. The van der Waals surface area contributed by atoms with E-state index in [2.05, 4.69) is 5.87 Å². The molecule has 2 heterocycles. The maximum Gasteiger partial charge on any atom is 0.387 e. The predicted octanol–water partition coefficient (Wildman–Crippen LogP) is 4.30. The van der Waals surface area contributed by atoms with Gasteiger partial charge in [0.15, 0.2) is 0 Å². The Bertz CT molecular complexity index is 1500. The number of ether oxygens (including phenoxy) is 2. The third kappa shape index (κ3) is 4.60. The van der Waals surface area contributed by atoms with Gasteiger partial charge in [-0.2, -0.15) is 8.78 Å². The summed E-state index contributed by atoms with van der Waals surface area (Å²) in [5, 5.41) is 14.9. The molecule has 0 saturated heterocycles. The number of halogens is 2. The van der Waals surface area contributed by atoms with E-state index in [0.29, 0.717) is 22.7 Å². The summed E-state index contributed by atoms with van der Waals surface area (Å²) < 4.78 is 51.0. The van der Waals surface area contributed by atoms with Crippen LogP contribution in [0.3, 0.4) is 0 Å². The molecular weight excluding hydrogens is 488 g/mol. The molecule has 0 radical (unpaired) electrons. The number of nitrogens with two attached hydrogens (primary N) is 1. The van der Waals surface area contributed by atoms with Crippen molar-refractivity contribution in [2.24, 2.45) is 5.14 Å². The van der Waals surface area contributed by atoms with Gasteiger partial charge in [0.2, 0.25) is 0 Å². The van der Waals surface area contributed by atoms with E-state index in [-0.39, 0.29) is 25.0 Å². The van der Waals surface area contributed by atoms with Crippen LogP contribution in [-0.4, -0.2) is 44.6 Å². The molecule has 0 aliphatic carbocycles. The van der Waals surface area contributed by atoms with Crippen molar-refractivity contribution in [2.75, 3.05) is 13.2 Å². The standard InChI is InChI=1S/C26H25F2N3O4S/c1-36(29,33)18-9-6-16(7-10-18)17-8-11-20-22(14-17)31-21(15-24(25(31)30-20)34-13-12-32)19-4-2-3-5-23(19)35-26(27)28/h2-11,14,21,24,26,32H,1,12-13,15H2,(H2,29,33). The number of aliphatic hydroxyl groups is 1. The second kappa shape index (κ2) is 9.62. The highest BCUT2D eigenvalue weighted by atomic mass is 32.2. The van der Waals surface area contributed by atoms with Crippen LogP contribution in [0.5, 0.6) is 5.75 Å². The molecule has 3 atom stereocenters. The number of aliphatic hydroxyl groups excluding tert-OH is 1. The average Bonchev–Trinajstić information content (AvgIpc) is 3.39. The number of alkyl halides is 2. The first-order valence-corrected chi connectivity index (χ1v) is 13.1. The minimum atomic E-state index is -2.95. The maximum atomic E-state index is 13.1. The van der Waals surface area contributed by atoms with Crippen molar-refractivity contribution >= 4 is 26.6 Å². The zero-order valence-electron chi connectivity index (χ0n) is 19.2. The number of imidazole rings is 1. The molecule has 3 N–H and O–H groups in total. The van der Waals surface area contributed by atoms with Crippen molar-refractivity contribution in [2.45, 2.75) is 30.1 Å². The highest BCUT2D eigenvalue weighted by Crippen LogP contribution is 2.46. The van der Waals surface area contributed by atoms with Crippen LogP contribution in [0, 0.1) is 0 Å². The molecule has 36 heavy (non-hydrogen) atoms. The third-order valence-corrected chi connectivity index (χ3v) is 7.31. The monoisotopic (exact) mass is 513 g/mol. The molecule has 0 fully saturated rings. The molecule has 3 aromatic carbocycles. The van der Waals surface area contributed by atoms with Crippen molar-refractivity contribution in [3.05, 3.63) is 78.1 Å². The van der Waals surface area contributed by atoms with Gasteiger partial charge in [-0.15, -0.1) is 0 Å². The molecule has 7 nitrogen and oxygen atoms in total. The molecule has 0 amide bonds. The summed E-state index contributed by atoms with van der Waals surface area (Å²) in [5.41, 5.74) is 3.89. The lowest BCUT2D eigenvalue weighted by atomic mass is 10.0. The first kappa shape index (κ1) is 24.4. The van der Waals surface area contributed by atoms with E-state index >= 15 is 0 Å². The van der Waals surface area contributed by atoms with Crippen molar-refractivity contribution in [1.82, 2.24) is 9.55 Å². The Labute approximate surface area is 207 Å². The average molecular weight is 514 g/mol. The number of hydrogen-bond donors (Lipinski definition) is 2. The van der Waals surface area contributed by atoms with E-state index in [4.69, 9.17) is 19.6 Å². The van der Waals surface area contributed by atoms with Gasteiger partial charge in [0.1, 0.15) is 17.7 Å². The first-order valence-electron chi connectivity index (χ1n) is 11.3. The van der Waals surface area contributed by atoms with Gasteiger partial charge in [-0.1, -0.05) is 36.4 Å². The van der Waals surface area contributed by atoms with Crippen LogP contribution in [0.2, 0.25) is 0 Å². The second-order valence-electron chi connectivity index (χ2n) is 8.55. The maximum absolute atomic E-state index is 13.1. The largest absolute Gasteiger partial charge is 0.434 e. The molecule has 1 aromatic heterocycles. The third-order valence-electron chi connectivity index (χ3n) is 6.24. The topological polar surface area (TPSA) is 99.6 Å². The molecule has 188 valence electrons. The smallest absolute Gasteiger partial charge is 0.387 e. The molecule has 1 aliphatic rings. The molecule has 0 spiro atoms.